The maximum Gasteiger partial charge on any atom is 0.410 e. The number of ether oxygens (including phenoxy) is 7. The fourth-order valence-electron chi connectivity index (χ4n) is 8.97. The van der Waals surface area contributed by atoms with Crippen LogP contribution in [0.5, 0.6) is 0 Å². The van der Waals surface area contributed by atoms with Gasteiger partial charge < -0.3 is 48.1 Å². The van der Waals surface area contributed by atoms with E-state index in [0.717, 1.165) is 128 Å². The van der Waals surface area contributed by atoms with Crippen molar-refractivity contribution in [3.8, 4) is 0 Å². The number of unbranched alkanes of at least 4 members (excludes halogenated alkanes) is 20. The van der Waals surface area contributed by atoms with E-state index in [2.05, 4.69) is 27.7 Å². The van der Waals surface area contributed by atoms with Crippen LogP contribution in [0.2, 0.25) is 0 Å². The molecular weight excluding hydrogens is 977 g/mol. The summed E-state index contributed by atoms with van der Waals surface area (Å²) in [7, 11) is 1.91. The maximum absolute atomic E-state index is 13.8. The lowest BCUT2D eigenvalue weighted by molar-refractivity contribution is -0.166. The van der Waals surface area contributed by atoms with Crippen molar-refractivity contribution in [1.82, 2.24) is 9.80 Å². The van der Waals surface area contributed by atoms with Crippen molar-refractivity contribution in [3.05, 3.63) is 0 Å². The Morgan fingerprint density at radius 3 is 1.08 bits per heavy atom. The van der Waals surface area contributed by atoms with E-state index in [9.17, 15) is 38.7 Å². The number of carbonyl (C=O) groups excluding carboxylic acids is 7. The highest BCUT2D eigenvalue weighted by Gasteiger charge is 2.36. The molecule has 0 radical (unpaired) electrons. The molecule has 1 heterocycles. The fraction of sp³-hybridized carbons (Fsp3) is 0.881. The summed E-state index contributed by atoms with van der Waals surface area (Å²) in [6.45, 7) is 9.35. The van der Waals surface area contributed by atoms with Crippen LogP contribution in [0.4, 0.5) is 4.79 Å². The molecule has 76 heavy (non-hydrogen) atoms. The van der Waals surface area contributed by atoms with Crippen LogP contribution in [0.1, 0.15) is 240 Å². The van der Waals surface area contributed by atoms with Gasteiger partial charge in [-0.05, 0) is 45.6 Å². The van der Waals surface area contributed by atoms with E-state index >= 15 is 0 Å². The summed E-state index contributed by atoms with van der Waals surface area (Å²) in [5.74, 6) is -4.31. The average molecular weight is 1080 g/mol. The molecule has 0 aromatic heterocycles. The minimum Gasteiger partial charge on any atom is -0.465 e. The molecule has 1 rings (SSSR count). The minimum atomic E-state index is -0.927. The summed E-state index contributed by atoms with van der Waals surface area (Å²) in [5.41, 5.74) is 0. The summed E-state index contributed by atoms with van der Waals surface area (Å²) in [6.07, 6.45) is 23.3. The van der Waals surface area contributed by atoms with Gasteiger partial charge >= 0.3 is 41.9 Å². The largest absolute Gasteiger partial charge is 0.465 e. The normalized spacial score (nSPS) is 14.5. The van der Waals surface area contributed by atoms with Gasteiger partial charge in [-0.1, -0.05) is 156 Å². The Bertz CT molecular complexity index is 1380. The highest BCUT2D eigenvalue weighted by Crippen LogP contribution is 2.22. The molecule has 1 aliphatic heterocycles. The number of hydrogen-bond donors (Lipinski definition) is 1. The number of rotatable bonds is 49. The number of aliphatic hydroxyl groups is 1. The van der Waals surface area contributed by atoms with E-state index in [0.29, 0.717) is 51.6 Å². The van der Waals surface area contributed by atoms with Gasteiger partial charge in [0.05, 0.1) is 59.0 Å². The highest BCUT2D eigenvalue weighted by molar-refractivity contribution is 5.73. The second kappa shape index (κ2) is 48.2. The van der Waals surface area contributed by atoms with Crippen LogP contribution < -0.4 is 0 Å². The molecule has 0 saturated carbocycles. The Balaban J connectivity index is 3.17. The van der Waals surface area contributed by atoms with Gasteiger partial charge in [-0.15, -0.1) is 0 Å². The van der Waals surface area contributed by atoms with Crippen molar-refractivity contribution in [1.29, 1.82) is 0 Å². The van der Waals surface area contributed by atoms with Gasteiger partial charge in [-0.25, -0.2) is 4.79 Å². The van der Waals surface area contributed by atoms with E-state index in [1.54, 1.807) is 0 Å². The first-order valence-electron chi connectivity index (χ1n) is 30.1. The van der Waals surface area contributed by atoms with E-state index in [1.807, 2.05) is 11.9 Å². The van der Waals surface area contributed by atoms with Gasteiger partial charge in [0.25, 0.3) is 0 Å². The third-order valence-corrected chi connectivity index (χ3v) is 13.6. The predicted molar refractivity (Wildman–Crippen MR) is 293 cm³/mol. The molecule has 2 atom stereocenters. The van der Waals surface area contributed by atoms with E-state index in [-0.39, 0.29) is 97.7 Å². The molecule has 442 valence electrons. The number of aliphatic hydroxyl groups excluding tert-OH is 1. The summed E-state index contributed by atoms with van der Waals surface area (Å²) >= 11 is 0. The van der Waals surface area contributed by atoms with Crippen molar-refractivity contribution < 1.29 is 71.8 Å². The number of amides is 1. The Hall–Kier alpha value is -3.99. The van der Waals surface area contributed by atoms with Crippen LogP contribution in [0.3, 0.4) is 0 Å². The summed E-state index contributed by atoms with van der Waals surface area (Å²) in [5, 5.41) is 9.19. The lowest BCUT2D eigenvalue weighted by Gasteiger charge is -2.36. The average Bonchev–Trinajstić information content (AvgIpc) is 3.39. The van der Waals surface area contributed by atoms with Gasteiger partial charge in [0.15, 0.2) is 0 Å². The molecule has 1 fully saturated rings. The Labute approximate surface area is 458 Å². The topological polar surface area (TPSA) is 211 Å². The number of carbonyl (C=O) groups is 7. The first kappa shape index (κ1) is 70.0. The lowest BCUT2D eigenvalue weighted by Crippen LogP contribution is -2.51. The molecule has 0 aromatic carbocycles. The smallest absolute Gasteiger partial charge is 0.410 e. The van der Waals surface area contributed by atoms with Crippen LogP contribution in [-0.2, 0) is 61.9 Å². The summed E-state index contributed by atoms with van der Waals surface area (Å²) < 4.78 is 40.0. The van der Waals surface area contributed by atoms with E-state index < -0.39 is 66.0 Å². The Morgan fingerprint density at radius 1 is 0.434 bits per heavy atom. The number of nitrogens with zero attached hydrogens (tertiary/aromatic N) is 2. The number of piperidine rings is 1. The van der Waals surface area contributed by atoms with Crippen molar-refractivity contribution in [2.45, 2.75) is 252 Å². The Morgan fingerprint density at radius 2 is 0.750 bits per heavy atom. The zero-order chi connectivity index (χ0) is 55.9. The molecule has 17 heteroatoms. The zero-order valence-corrected chi connectivity index (χ0v) is 48.3. The number of esters is 6. The third kappa shape index (κ3) is 40.3. The molecule has 1 amide bonds. The fourth-order valence-corrected chi connectivity index (χ4v) is 8.97. The molecule has 1 saturated heterocycles. The van der Waals surface area contributed by atoms with Crippen molar-refractivity contribution in [2.24, 2.45) is 11.8 Å². The van der Waals surface area contributed by atoms with Gasteiger partial charge in [0.1, 0.15) is 12.2 Å². The summed E-state index contributed by atoms with van der Waals surface area (Å²) in [6, 6.07) is 0. The first-order valence-corrected chi connectivity index (χ1v) is 30.1. The minimum absolute atomic E-state index is 0.0488. The van der Waals surface area contributed by atoms with Crippen molar-refractivity contribution in [3.63, 3.8) is 0 Å². The molecule has 0 bridgehead atoms. The van der Waals surface area contributed by atoms with Gasteiger partial charge in [-0.3, -0.25) is 28.8 Å². The molecule has 0 spiro atoms. The molecule has 0 aliphatic carbocycles. The first-order chi connectivity index (χ1) is 36.8. The lowest BCUT2D eigenvalue weighted by atomic mass is 10.0. The second-order valence-electron chi connectivity index (χ2n) is 21.2. The van der Waals surface area contributed by atoms with Crippen LogP contribution in [-0.4, -0.2) is 142 Å². The third-order valence-electron chi connectivity index (χ3n) is 13.6. The maximum atomic E-state index is 13.8. The predicted octanol–water partition coefficient (Wildman–Crippen LogP) is 11.5. The number of likely N-dealkylation sites (tertiary alicyclic amines) is 1. The van der Waals surface area contributed by atoms with Crippen molar-refractivity contribution in [2.75, 3.05) is 72.9 Å². The van der Waals surface area contributed by atoms with Crippen LogP contribution in [0.25, 0.3) is 0 Å². The quantitative estimate of drug-likeness (QED) is 0.0341. The molecule has 17 nitrogen and oxygen atoms in total. The SMILES string of the molecule is CCCCCCCCC(=O)OCC(COC(=O)CCCCCCCC)CC(=O)O[C@@H]1C[C@@H](OC(=O)CC(COC(=O)CCCCCCCC)COC(=O)CCCCCCCC)CN(C(=O)OCCCN(C)CCCO)C1. The van der Waals surface area contributed by atoms with Crippen molar-refractivity contribution >= 4 is 41.9 Å². The summed E-state index contributed by atoms with van der Waals surface area (Å²) in [4.78, 5) is 95.6. The van der Waals surface area contributed by atoms with E-state index in [4.69, 9.17) is 33.2 Å². The van der Waals surface area contributed by atoms with Crippen LogP contribution in [0.15, 0.2) is 0 Å². The molecule has 0 aromatic rings. The monoisotopic (exact) mass is 1080 g/mol. The van der Waals surface area contributed by atoms with Gasteiger partial charge in [0, 0.05) is 63.6 Å². The zero-order valence-electron chi connectivity index (χ0n) is 48.3. The molecule has 1 aliphatic rings. The number of hydrogen-bond acceptors (Lipinski definition) is 16. The van der Waals surface area contributed by atoms with E-state index in [1.165, 1.54) is 4.90 Å². The van der Waals surface area contributed by atoms with Gasteiger partial charge in [-0.2, -0.15) is 0 Å². The highest BCUT2D eigenvalue weighted by atomic mass is 16.6. The van der Waals surface area contributed by atoms with Gasteiger partial charge in [0.2, 0.25) is 0 Å². The molecular formula is C59H106N2O15. The van der Waals surface area contributed by atoms with Crippen LogP contribution >= 0.6 is 0 Å². The second-order valence-corrected chi connectivity index (χ2v) is 21.2. The Kier molecular flexibility index (Phi) is 44.4. The molecule has 0 unspecified atom stereocenters. The standard InChI is InChI=1S/C59H106N2O15/c1-6-10-14-18-22-26-32-53(63)71-45-49(46-72-54(64)33-27-23-19-15-11-7-2)40-57(67)75-51-42-52(44-61(43-51)59(69)70-39-31-37-60(5)36-30-38-62)76-58(68)41-50(47-73-55(65)34-28-24-20-16-12-8-3)48-74-56(66)35-29-25-21-17-13-9-4/h49-52,62H,6-48H2,1-5H3/t51-,52-/m1/s1. The molecule has 1 N–H and O–H groups in total. The van der Waals surface area contributed by atoms with Crippen LogP contribution in [0, 0.1) is 11.8 Å².